The number of ether oxygens (including phenoxy) is 1. The minimum Gasteiger partial charge on any atom is -0.436 e. The molecule has 1 aliphatic carbocycles. The standard InChI is InChI=1S/C22H22FN3O2/c1-26-22(28-19-10-6-5-9-18(19)23)17(13-14-20(27)24-16-11-12-16)21(25-26)15-7-3-2-4-8-15/h2-10,16H,11-14H2,1H3,(H,24,27). The van der Waals surface area contributed by atoms with Gasteiger partial charge in [-0.3, -0.25) is 4.79 Å². The number of para-hydroxylation sites is 1. The molecule has 5 nitrogen and oxygen atoms in total. The summed E-state index contributed by atoms with van der Waals surface area (Å²) in [6, 6.07) is 16.3. The van der Waals surface area contributed by atoms with Crippen molar-refractivity contribution in [2.45, 2.75) is 31.7 Å². The summed E-state index contributed by atoms with van der Waals surface area (Å²) in [5, 5.41) is 7.60. The molecule has 28 heavy (non-hydrogen) atoms. The van der Waals surface area contributed by atoms with E-state index in [1.807, 2.05) is 30.3 Å². The Morgan fingerprint density at radius 2 is 1.89 bits per heavy atom. The number of aromatic nitrogens is 2. The minimum atomic E-state index is -0.442. The Morgan fingerprint density at radius 3 is 2.61 bits per heavy atom. The summed E-state index contributed by atoms with van der Waals surface area (Å²) < 4.78 is 21.6. The second-order valence-corrected chi connectivity index (χ2v) is 7.00. The van der Waals surface area contributed by atoms with Gasteiger partial charge in [0.25, 0.3) is 0 Å². The molecule has 3 aromatic rings. The van der Waals surface area contributed by atoms with Crippen molar-refractivity contribution in [3.05, 3.63) is 66.0 Å². The fourth-order valence-corrected chi connectivity index (χ4v) is 3.13. The molecule has 0 aliphatic heterocycles. The number of nitrogens with zero attached hydrogens (tertiary/aromatic N) is 2. The summed E-state index contributed by atoms with van der Waals surface area (Å²) in [5.41, 5.74) is 2.47. The molecule has 0 spiro atoms. The van der Waals surface area contributed by atoms with Crippen molar-refractivity contribution in [1.82, 2.24) is 15.1 Å². The minimum absolute atomic E-state index is 0.0159. The fourth-order valence-electron chi connectivity index (χ4n) is 3.13. The van der Waals surface area contributed by atoms with E-state index in [4.69, 9.17) is 4.74 Å². The molecule has 0 radical (unpaired) electrons. The van der Waals surface area contributed by atoms with E-state index >= 15 is 0 Å². The number of aryl methyl sites for hydroxylation is 1. The molecular formula is C22H22FN3O2. The highest BCUT2D eigenvalue weighted by Gasteiger charge is 2.25. The van der Waals surface area contributed by atoms with Gasteiger partial charge in [0.15, 0.2) is 11.6 Å². The van der Waals surface area contributed by atoms with Crippen molar-refractivity contribution in [2.75, 3.05) is 0 Å². The van der Waals surface area contributed by atoms with E-state index in [2.05, 4.69) is 10.4 Å². The van der Waals surface area contributed by atoms with E-state index in [-0.39, 0.29) is 11.7 Å². The van der Waals surface area contributed by atoms with E-state index in [1.165, 1.54) is 6.07 Å². The SMILES string of the molecule is Cn1nc(-c2ccccc2)c(CCC(=O)NC2CC2)c1Oc1ccccc1F. The van der Waals surface area contributed by atoms with Gasteiger partial charge in [-0.25, -0.2) is 9.07 Å². The average Bonchev–Trinajstić information content (AvgIpc) is 3.46. The summed E-state index contributed by atoms with van der Waals surface area (Å²) in [6.07, 6.45) is 2.89. The van der Waals surface area contributed by atoms with Gasteiger partial charge in [-0.1, -0.05) is 42.5 Å². The number of hydrogen-bond acceptors (Lipinski definition) is 3. The average molecular weight is 379 g/mol. The second kappa shape index (κ2) is 7.84. The van der Waals surface area contributed by atoms with E-state index in [0.29, 0.717) is 24.8 Å². The van der Waals surface area contributed by atoms with Crippen molar-refractivity contribution in [3.63, 3.8) is 0 Å². The maximum Gasteiger partial charge on any atom is 0.221 e. The van der Waals surface area contributed by atoms with Crippen molar-refractivity contribution < 1.29 is 13.9 Å². The maximum atomic E-state index is 14.1. The van der Waals surface area contributed by atoms with Crippen LogP contribution in [0.4, 0.5) is 4.39 Å². The second-order valence-electron chi connectivity index (χ2n) is 7.00. The van der Waals surface area contributed by atoms with Crippen LogP contribution in [0.5, 0.6) is 11.6 Å². The molecule has 1 saturated carbocycles. The topological polar surface area (TPSA) is 56.2 Å². The molecule has 1 aromatic heterocycles. The van der Waals surface area contributed by atoms with E-state index in [0.717, 1.165) is 29.7 Å². The van der Waals surface area contributed by atoms with Crippen molar-refractivity contribution >= 4 is 5.91 Å². The maximum absolute atomic E-state index is 14.1. The van der Waals surface area contributed by atoms with Gasteiger partial charge in [0.05, 0.1) is 5.69 Å². The first-order chi connectivity index (χ1) is 13.6. The zero-order valence-electron chi connectivity index (χ0n) is 15.7. The van der Waals surface area contributed by atoms with Gasteiger partial charge < -0.3 is 10.1 Å². The molecule has 1 aliphatic rings. The first-order valence-corrected chi connectivity index (χ1v) is 9.45. The summed E-state index contributed by atoms with van der Waals surface area (Å²) in [7, 11) is 1.76. The van der Waals surface area contributed by atoms with Crippen molar-refractivity contribution in [1.29, 1.82) is 0 Å². The molecule has 4 rings (SSSR count). The first kappa shape index (κ1) is 18.2. The lowest BCUT2D eigenvalue weighted by atomic mass is 10.0. The Kier molecular flexibility index (Phi) is 5.10. The Morgan fingerprint density at radius 1 is 1.18 bits per heavy atom. The summed E-state index contributed by atoms with van der Waals surface area (Å²) >= 11 is 0. The lowest BCUT2D eigenvalue weighted by Crippen LogP contribution is -2.25. The van der Waals surface area contributed by atoms with Crippen LogP contribution in [-0.4, -0.2) is 21.7 Å². The number of nitrogens with one attached hydrogen (secondary N) is 1. The van der Waals surface area contributed by atoms with Crippen LogP contribution in [0, 0.1) is 5.82 Å². The first-order valence-electron chi connectivity index (χ1n) is 9.45. The van der Waals surface area contributed by atoms with Crippen molar-refractivity contribution in [2.24, 2.45) is 7.05 Å². The Balaban J connectivity index is 1.66. The van der Waals surface area contributed by atoms with Gasteiger partial charge in [-0.05, 0) is 31.4 Å². The molecule has 1 N–H and O–H groups in total. The van der Waals surface area contributed by atoms with Crippen LogP contribution >= 0.6 is 0 Å². The van der Waals surface area contributed by atoms with Crippen LogP contribution in [0.25, 0.3) is 11.3 Å². The van der Waals surface area contributed by atoms with Crippen LogP contribution < -0.4 is 10.1 Å². The zero-order valence-corrected chi connectivity index (χ0v) is 15.7. The number of amides is 1. The predicted octanol–water partition coefficient (Wildman–Crippen LogP) is 4.23. The predicted molar refractivity (Wildman–Crippen MR) is 105 cm³/mol. The highest BCUT2D eigenvalue weighted by Crippen LogP contribution is 2.34. The van der Waals surface area contributed by atoms with Gasteiger partial charge in [0, 0.05) is 30.6 Å². The molecule has 1 fully saturated rings. The number of carbonyl (C=O) groups excluding carboxylic acids is 1. The third kappa shape index (κ3) is 4.06. The highest BCUT2D eigenvalue weighted by atomic mass is 19.1. The summed E-state index contributed by atoms with van der Waals surface area (Å²) in [4.78, 5) is 12.2. The van der Waals surface area contributed by atoms with Gasteiger partial charge in [0.1, 0.15) is 0 Å². The molecule has 144 valence electrons. The van der Waals surface area contributed by atoms with Gasteiger partial charge in [-0.15, -0.1) is 0 Å². The molecular weight excluding hydrogens is 357 g/mol. The molecule has 0 atom stereocenters. The van der Waals surface area contributed by atoms with Gasteiger partial charge in [-0.2, -0.15) is 5.10 Å². The lowest BCUT2D eigenvalue weighted by Gasteiger charge is -2.10. The largest absolute Gasteiger partial charge is 0.436 e. The van der Waals surface area contributed by atoms with Gasteiger partial charge >= 0.3 is 0 Å². The number of hydrogen-bond donors (Lipinski definition) is 1. The van der Waals surface area contributed by atoms with Crippen LogP contribution in [0.1, 0.15) is 24.8 Å². The molecule has 0 bridgehead atoms. The number of halogens is 1. The van der Waals surface area contributed by atoms with Crippen LogP contribution in [0.3, 0.4) is 0 Å². The Bertz CT molecular complexity index is 981. The quantitative estimate of drug-likeness (QED) is 0.668. The monoisotopic (exact) mass is 379 g/mol. The lowest BCUT2D eigenvalue weighted by molar-refractivity contribution is -0.121. The number of rotatable bonds is 7. The molecule has 0 saturated heterocycles. The van der Waals surface area contributed by atoms with E-state index < -0.39 is 5.82 Å². The zero-order chi connectivity index (χ0) is 19.5. The number of benzene rings is 2. The molecule has 0 unspecified atom stereocenters. The third-order valence-corrected chi connectivity index (χ3v) is 4.72. The molecule has 2 aromatic carbocycles. The third-order valence-electron chi connectivity index (χ3n) is 4.72. The Labute approximate surface area is 163 Å². The van der Waals surface area contributed by atoms with Gasteiger partial charge in [0.2, 0.25) is 11.8 Å². The van der Waals surface area contributed by atoms with Crippen molar-refractivity contribution in [3.8, 4) is 22.9 Å². The summed E-state index contributed by atoms with van der Waals surface area (Å²) in [6.45, 7) is 0. The van der Waals surface area contributed by atoms with E-state index in [9.17, 15) is 9.18 Å². The molecule has 1 heterocycles. The fraction of sp³-hybridized carbons (Fsp3) is 0.273. The van der Waals surface area contributed by atoms with Crippen LogP contribution in [-0.2, 0) is 18.3 Å². The summed E-state index contributed by atoms with van der Waals surface area (Å²) in [5.74, 6) is 0.154. The number of carbonyl (C=O) groups is 1. The van der Waals surface area contributed by atoms with E-state index in [1.54, 1.807) is 29.9 Å². The smallest absolute Gasteiger partial charge is 0.221 e. The Hall–Kier alpha value is -3.15. The molecule has 6 heteroatoms. The highest BCUT2D eigenvalue weighted by molar-refractivity contribution is 5.77. The molecule has 1 amide bonds. The van der Waals surface area contributed by atoms with Crippen LogP contribution in [0.2, 0.25) is 0 Å². The van der Waals surface area contributed by atoms with Crippen LogP contribution in [0.15, 0.2) is 54.6 Å². The normalized spacial score (nSPS) is 13.4.